The van der Waals surface area contributed by atoms with Gasteiger partial charge in [-0.05, 0) is 12.1 Å². The van der Waals surface area contributed by atoms with Crippen LogP contribution in [0, 0.1) is 0 Å². The number of benzene rings is 1. The van der Waals surface area contributed by atoms with Crippen LogP contribution < -0.4 is 0 Å². The van der Waals surface area contributed by atoms with Gasteiger partial charge in [-0.3, -0.25) is 4.79 Å². The van der Waals surface area contributed by atoms with Crippen LogP contribution in [0.4, 0.5) is 0 Å². The molecule has 0 aliphatic rings. The van der Waals surface area contributed by atoms with Crippen molar-refractivity contribution >= 4 is 28.5 Å². The van der Waals surface area contributed by atoms with Gasteiger partial charge in [0.15, 0.2) is 0 Å². The number of nitrogens with zero attached hydrogens (tertiary/aromatic N) is 2. The van der Waals surface area contributed by atoms with Crippen LogP contribution in [0.2, 0.25) is 5.15 Å². The fraction of sp³-hybridized carbons (Fsp3) is 0.100. The summed E-state index contributed by atoms with van der Waals surface area (Å²) >= 11 is 5.87. The Labute approximate surface area is 95.3 Å². The molecule has 2 aromatic rings. The van der Waals surface area contributed by atoms with Crippen LogP contribution in [-0.4, -0.2) is 26.2 Å². The van der Waals surface area contributed by atoms with Crippen molar-refractivity contribution in [2.75, 3.05) is 0 Å². The molecule has 0 bridgehead atoms. The largest absolute Gasteiger partial charge is 0.508 e. The van der Waals surface area contributed by atoms with E-state index in [-0.39, 0.29) is 23.1 Å². The molecule has 0 saturated carbocycles. The molecule has 0 aliphatic heterocycles. The van der Waals surface area contributed by atoms with Crippen LogP contribution in [0.25, 0.3) is 10.9 Å². The van der Waals surface area contributed by atoms with E-state index in [4.69, 9.17) is 16.7 Å². The Hall–Kier alpha value is -1.88. The Bertz CT molecular complexity index is 571. The molecule has 1 aromatic heterocycles. The molecule has 5 nitrogen and oxygen atoms in total. The average molecular weight is 239 g/mol. The minimum absolute atomic E-state index is 0.0449. The number of aromatic nitrogens is 2. The number of carbonyl (C=O) groups is 1. The van der Waals surface area contributed by atoms with Gasteiger partial charge in [0, 0.05) is 11.5 Å². The van der Waals surface area contributed by atoms with Gasteiger partial charge in [-0.25, -0.2) is 9.97 Å². The number of carboxylic acids is 1. The molecule has 16 heavy (non-hydrogen) atoms. The Morgan fingerprint density at radius 3 is 2.81 bits per heavy atom. The second-order valence-corrected chi connectivity index (χ2v) is 3.56. The van der Waals surface area contributed by atoms with Crippen molar-refractivity contribution in [1.82, 2.24) is 9.97 Å². The molecule has 1 heterocycles. The summed E-state index contributed by atoms with van der Waals surface area (Å²) in [5.41, 5.74) is 0.427. The van der Waals surface area contributed by atoms with Crippen molar-refractivity contribution in [1.29, 1.82) is 0 Å². The standard InChI is InChI=1S/C10H7ClN2O3/c11-10-6-2-1-5(14)3-7(6)12-8(13-10)4-9(15)16/h1-3,14H,4H2,(H,15,16). The van der Waals surface area contributed by atoms with E-state index in [0.29, 0.717) is 10.9 Å². The molecule has 2 N–H and O–H groups in total. The van der Waals surface area contributed by atoms with Crippen molar-refractivity contribution < 1.29 is 15.0 Å². The Kier molecular flexibility index (Phi) is 2.62. The summed E-state index contributed by atoms with van der Waals surface area (Å²) in [5, 5.41) is 18.6. The number of hydrogen-bond acceptors (Lipinski definition) is 4. The number of phenolic OH excluding ortho intramolecular Hbond substituents is 1. The van der Waals surface area contributed by atoms with Gasteiger partial charge in [0.1, 0.15) is 23.1 Å². The minimum atomic E-state index is -1.03. The Morgan fingerprint density at radius 1 is 1.38 bits per heavy atom. The highest BCUT2D eigenvalue weighted by Gasteiger charge is 2.09. The number of phenols is 1. The SMILES string of the molecule is O=C(O)Cc1nc(Cl)c2ccc(O)cc2n1. The first kappa shape index (κ1) is 10.6. The van der Waals surface area contributed by atoms with E-state index in [1.807, 2.05) is 0 Å². The van der Waals surface area contributed by atoms with Crippen LogP contribution in [0.5, 0.6) is 5.75 Å². The van der Waals surface area contributed by atoms with Gasteiger partial charge >= 0.3 is 5.97 Å². The first-order valence-corrected chi connectivity index (χ1v) is 4.81. The maximum atomic E-state index is 10.5. The zero-order valence-electron chi connectivity index (χ0n) is 8.01. The molecule has 0 unspecified atom stereocenters. The lowest BCUT2D eigenvalue weighted by molar-refractivity contribution is -0.136. The third-order valence-electron chi connectivity index (χ3n) is 1.99. The number of halogens is 1. The summed E-state index contributed by atoms with van der Waals surface area (Å²) in [7, 11) is 0. The molecule has 1 aromatic carbocycles. The highest BCUT2D eigenvalue weighted by atomic mass is 35.5. The van der Waals surface area contributed by atoms with E-state index in [0.717, 1.165) is 0 Å². The molecular formula is C10H7ClN2O3. The lowest BCUT2D eigenvalue weighted by Gasteiger charge is -2.02. The predicted octanol–water partition coefficient (Wildman–Crippen LogP) is 1.62. The van der Waals surface area contributed by atoms with Crippen LogP contribution in [0.15, 0.2) is 18.2 Å². The second kappa shape index (κ2) is 3.94. The van der Waals surface area contributed by atoms with E-state index in [1.165, 1.54) is 12.1 Å². The van der Waals surface area contributed by atoms with Gasteiger partial charge in [0.25, 0.3) is 0 Å². The fourth-order valence-electron chi connectivity index (χ4n) is 1.34. The van der Waals surface area contributed by atoms with Gasteiger partial charge in [-0.1, -0.05) is 11.6 Å². The van der Waals surface area contributed by atoms with Gasteiger partial charge in [-0.15, -0.1) is 0 Å². The van der Waals surface area contributed by atoms with Crippen molar-refractivity contribution in [3.63, 3.8) is 0 Å². The number of fused-ring (bicyclic) bond motifs is 1. The molecule has 0 atom stereocenters. The highest BCUT2D eigenvalue weighted by Crippen LogP contribution is 2.23. The topological polar surface area (TPSA) is 83.3 Å². The van der Waals surface area contributed by atoms with E-state index in [9.17, 15) is 9.90 Å². The van der Waals surface area contributed by atoms with Gasteiger partial charge in [0.05, 0.1) is 5.52 Å². The van der Waals surface area contributed by atoms with E-state index < -0.39 is 5.97 Å². The number of aromatic hydroxyl groups is 1. The van der Waals surface area contributed by atoms with Gasteiger partial charge < -0.3 is 10.2 Å². The van der Waals surface area contributed by atoms with Gasteiger partial charge in [0.2, 0.25) is 0 Å². The number of rotatable bonds is 2. The predicted molar refractivity (Wildman–Crippen MR) is 57.6 cm³/mol. The average Bonchev–Trinajstić information content (AvgIpc) is 2.15. The quantitative estimate of drug-likeness (QED) is 0.777. The molecule has 2 rings (SSSR count). The third kappa shape index (κ3) is 2.04. The van der Waals surface area contributed by atoms with Crippen LogP contribution in [-0.2, 0) is 11.2 Å². The van der Waals surface area contributed by atoms with E-state index in [1.54, 1.807) is 6.07 Å². The summed E-state index contributed by atoms with van der Waals surface area (Å²) in [4.78, 5) is 18.4. The number of aliphatic carboxylic acids is 1. The number of carboxylic acid groups (broad SMARTS) is 1. The molecule has 0 aliphatic carbocycles. The lowest BCUT2D eigenvalue weighted by Crippen LogP contribution is -2.05. The van der Waals surface area contributed by atoms with Crippen LogP contribution >= 0.6 is 11.6 Å². The first-order valence-electron chi connectivity index (χ1n) is 4.43. The summed E-state index contributed by atoms with van der Waals surface area (Å²) in [6, 6.07) is 4.46. The second-order valence-electron chi connectivity index (χ2n) is 3.20. The van der Waals surface area contributed by atoms with Crippen molar-refractivity contribution in [3.05, 3.63) is 29.2 Å². The summed E-state index contributed by atoms with van der Waals surface area (Å²) in [6.45, 7) is 0. The van der Waals surface area contributed by atoms with Crippen molar-refractivity contribution in [2.24, 2.45) is 0 Å². The maximum Gasteiger partial charge on any atom is 0.311 e. The summed E-state index contributed by atoms with van der Waals surface area (Å²) in [6.07, 6.45) is -0.300. The Balaban J connectivity index is 2.60. The van der Waals surface area contributed by atoms with Gasteiger partial charge in [-0.2, -0.15) is 0 Å². The minimum Gasteiger partial charge on any atom is -0.508 e. The zero-order chi connectivity index (χ0) is 11.7. The Morgan fingerprint density at radius 2 is 2.12 bits per heavy atom. The molecule has 0 radical (unpaired) electrons. The van der Waals surface area contributed by atoms with Crippen LogP contribution in [0.1, 0.15) is 5.82 Å². The summed E-state index contributed by atoms with van der Waals surface area (Å²) in [5.74, 6) is -0.866. The van der Waals surface area contributed by atoms with E-state index in [2.05, 4.69) is 9.97 Å². The van der Waals surface area contributed by atoms with E-state index >= 15 is 0 Å². The molecule has 82 valence electrons. The molecular weight excluding hydrogens is 232 g/mol. The van der Waals surface area contributed by atoms with Crippen LogP contribution in [0.3, 0.4) is 0 Å². The molecule has 6 heteroatoms. The monoisotopic (exact) mass is 238 g/mol. The first-order chi connectivity index (χ1) is 7.56. The summed E-state index contributed by atoms with van der Waals surface area (Å²) < 4.78 is 0. The maximum absolute atomic E-state index is 10.5. The molecule has 0 spiro atoms. The lowest BCUT2D eigenvalue weighted by atomic mass is 10.2. The fourth-order valence-corrected chi connectivity index (χ4v) is 1.60. The van der Waals surface area contributed by atoms with Crippen molar-refractivity contribution in [3.8, 4) is 5.75 Å². The number of hydrogen-bond donors (Lipinski definition) is 2. The molecule has 0 amide bonds. The van der Waals surface area contributed by atoms with Crippen molar-refractivity contribution in [2.45, 2.75) is 6.42 Å². The third-order valence-corrected chi connectivity index (χ3v) is 2.28. The highest BCUT2D eigenvalue weighted by molar-refractivity contribution is 6.34. The molecule has 0 fully saturated rings. The normalized spacial score (nSPS) is 10.6. The molecule has 0 saturated heterocycles. The zero-order valence-corrected chi connectivity index (χ0v) is 8.77. The smallest absolute Gasteiger partial charge is 0.311 e.